The van der Waals surface area contributed by atoms with Gasteiger partial charge >= 0.3 is 0 Å². The van der Waals surface area contributed by atoms with E-state index in [4.69, 9.17) is 9.40 Å². The van der Waals surface area contributed by atoms with Crippen LogP contribution in [-0.2, 0) is 0 Å². The Bertz CT molecular complexity index is 2250. The summed E-state index contributed by atoms with van der Waals surface area (Å²) in [6.07, 6.45) is 0. The summed E-state index contributed by atoms with van der Waals surface area (Å²) in [6, 6.07) is 44.9. The number of furan rings is 1. The zero-order valence-corrected chi connectivity index (χ0v) is 20.9. The van der Waals surface area contributed by atoms with Crippen LogP contribution in [0.15, 0.2) is 132 Å². The third-order valence-electron chi connectivity index (χ3n) is 7.90. The summed E-state index contributed by atoms with van der Waals surface area (Å²) in [5.41, 5.74) is 9.43. The molecule has 0 saturated heterocycles. The van der Waals surface area contributed by atoms with Crippen molar-refractivity contribution < 1.29 is 4.42 Å². The number of para-hydroxylation sites is 4. The third kappa shape index (κ3) is 2.85. The summed E-state index contributed by atoms with van der Waals surface area (Å²) < 4.78 is 8.47. The van der Waals surface area contributed by atoms with Crippen molar-refractivity contribution in [3.05, 3.63) is 127 Å². The number of fused-ring (bicyclic) bond motifs is 11. The van der Waals surface area contributed by atoms with Gasteiger partial charge in [-0.25, -0.2) is 4.98 Å². The molecule has 2 aromatic heterocycles. The Morgan fingerprint density at radius 2 is 1.28 bits per heavy atom. The van der Waals surface area contributed by atoms with Gasteiger partial charge in [-0.2, -0.15) is 0 Å². The summed E-state index contributed by atoms with van der Waals surface area (Å²) >= 11 is 0. The molecule has 0 aliphatic carbocycles. The van der Waals surface area contributed by atoms with E-state index in [0.29, 0.717) is 0 Å². The number of rotatable bonds is 1. The fourth-order valence-electron chi connectivity index (χ4n) is 6.14. The number of hydrogen-bond acceptors (Lipinski definition) is 3. The molecule has 0 radical (unpaired) electrons. The van der Waals surface area contributed by atoms with E-state index < -0.39 is 0 Å². The van der Waals surface area contributed by atoms with E-state index in [1.165, 1.54) is 21.9 Å². The Morgan fingerprint density at radius 3 is 2.23 bits per heavy atom. The van der Waals surface area contributed by atoms with Crippen molar-refractivity contribution in [1.29, 1.82) is 0 Å². The maximum Gasteiger partial charge on any atom is 0.220 e. The molecule has 8 aromatic rings. The highest BCUT2D eigenvalue weighted by Crippen LogP contribution is 2.49. The van der Waals surface area contributed by atoms with Gasteiger partial charge in [0.2, 0.25) is 5.95 Å². The molecular weight excluding hydrogens is 478 g/mol. The first-order valence-corrected chi connectivity index (χ1v) is 13.1. The third-order valence-corrected chi connectivity index (χ3v) is 7.90. The van der Waals surface area contributed by atoms with Crippen LogP contribution >= 0.6 is 0 Å². The smallest absolute Gasteiger partial charge is 0.220 e. The largest absolute Gasteiger partial charge is 0.456 e. The second-order valence-electron chi connectivity index (χ2n) is 10.1. The second kappa shape index (κ2) is 7.59. The molecule has 4 nitrogen and oxygen atoms in total. The predicted octanol–water partition coefficient (Wildman–Crippen LogP) is 9.53. The Labute approximate surface area is 224 Å². The highest BCUT2D eigenvalue weighted by atomic mass is 16.3. The van der Waals surface area contributed by atoms with E-state index in [1.807, 2.05) is 12.1 Å². The maximum absolute atomic E-state index is 6.18. The van der Waals surface area contributed by atoms with Crippen molar-refractivity contribution >= 4 is 61.1 Å². The molecule has 39 heavy (non-hydrogen) atoms. The molecule has 0 amide bonds. The van der Waals surface area contributed by atoms with E-state index in [1.54, 1.807) is 0 Å². The minimum Gasteiger partial charge on any atom is -0.456 e. The first kappa shape index (κ1) is 20.7. The van der Waals surface area contributed by atoms with Gasteiger partial charge in [-0.1, -0.05) is 72.8 Å². The van der Waals surface area contributed by atoms with Gasteiger partial charge in [0, 0.05) is 27.6 Å². The Balaban J connectivity index is 1.45. The first-order chi connectivity index (χ1) is 19.3. The van der Waals surface area contributed by atoms with Gasteiger partial charge < -0.3 is 4.42 Å². The van der Waals surface area contributed by atoms with Crippen molar-refractivity contribution in [3.63, 3.8) is 0 Å². The van der Waals surface area contributed by atoms with Gasteiger partial charge in [0.05, 0.1) is 22.4 Å². The van der Waals surface area contributed by atoms with E-state index in [0.717, 1.165) is 56.0 Å². The van der Waals surface area contributed by atoms with Crippen molar-refractivity contribution in [1.82, 2.24) is 9.55 Å². The van der Waals surface area contributed by atoms with Gasteiger partial charge in [0.1, 0.15) is 11.2 Å². The Kier molecular flexibility index (Phi) is 4.02. The molecule has 0 atom stereocenters. The van der Waals surface area contributed by atoms with Crippen LogP contribution in [0.25, 0.3) is 60.6 Å². The zero-order chi connectivity index (χ0) is 25.5. The molecule has 9 rings (SSSR count). The van der Waals surface area contributed by atoms with Crippen LogP contribution in [0, 0.1) is 0 Å². The van der Waals surface area contributed by atoms with E-state index in [-0.39, 0.29) is 0 Å². The van der Waals surface area contributed by atoms with Gasteiger partial charge in [0.15, 0.2) is 0 Å². The Morgan fingerprint density at radius 1 is 0.538 bits per heavy atom. The van der Waals surface area contributed by atoms with Crippen LogP contribution < -0.4 is 4.90 Å². The first-order valence-electron chi connectivity index (χ1n) is 13.1. The molecule has 0 fully saturated rings. The predicted molar refractivity (Wildman–Crippen MR) is 160 cm³/mol. The molecule has 0 spiro atoms. The molecule has 0 N–H and O–H groups in total. The Hall–Kier alpha value is -5.35. The molecule has 1 aliphatic heterocycles. The summed E-state index contributed by atoms with van der Waals surface area (Å²) in [5.74, 6) is 0.866. The summed E-state index contributed by atoms with van der Waals surface area (Å²) in [4.78, 5) is 7.55. The number of imidazole rings is 1. The minimum atomic E-state index is 0.866. The summed E-state index contributed by atoms with van der Waals surface area (Å²) in [5, 5.41) is 4.61. The van der Waals surface area contributed by atoms with E-state index in [9.17, 15) is 0 Å². The average Bonchev–Trinajstić information content (AvgIpc) is 3.52. The molecule has 1 aliphatic rings. The number of anilines is 3. The molecule has 4 heteroatoms. The van der Waals surface area contributed by atoms with E-state index in [2.05, 4.69) is 125 Å². The van der Waals surface area contributed by atoms with Crippen molar-refractivity contribution in [2.45, 2.75) is 0 Å². The fraction of sp³-hybridized carbons (Fsp3) is 0. The standard InChI is InChI=1S/C35H21N3O/c1-2-10-23-20-32-27(19-22(23)9-1)25-11-3-6-14-30(25)38-31-15-7-5-13-29(31)36-35(38)37(32)24-17-18-34-28(21-24)26-12-4-8-16-33(26)39-34/h1-21H. The molecule has 182 valence electrons. The fourth-order valence-corrected chi connectivity index (χ4v) is 6.14. The van der Waals surface area contributed by atoms with E-state index >= 15 is 0 Å². The van der Waals surface area contributed by atoms with Gasteiger partial charge in [0.25, 0.3) is 0 Å². The minimum absolute atomic E-state index is 0.866. The number of hydrogen-bond donors (Lipinski definition) is 0. The van der Waals surface area contributed by atoms with Crippen LogP contribution in [-0.4, -0.2) is 9.55 Å². The highest BCUT2D eigenvalue weighted by Gasteiger charge is 2.29. The van der Waals surface area contributed by atoms with Gasteiger partial charge in [-0.3, -0.25) is 9.47 Å². The molecule has 0 bridgehead atoms. The summed E-state index contributed by atoms with van der Waals surface area (Å²) in [7, 11) is 0. The monoisotopic (exact) mass is 499 g/mol. The normalized spacial score (nSPS) is 12.6. The zero-order valence-electron chi connectivity index (χ0n) is 20.9. The lowest BCUT2D eigenvalue weighted by Crippen LogP contribution is -2.14. The molecule has 0 unspecified atom stereocenters. The highest BCUT2D eigenvalue weighted by molar-refractivity contribution is 6.08. The lowest BCUT2D eigenvalue weighted by Gasteiger charge is -2.25. The topological polar surface area (TPSA) is 34.2 Å². The number of benzene rings is 6. The van der Waals surface area contributed by atoms with Crippen LogP contribution in [0.2, 0.25) is 0 Å². The lowest BCUT2D eigenvalue weighted by atomic mass is 9.97. The van der Waals surface area contributed by atoms with Crippen LogP contribution in [0.1, 0.15) is 0 Å². The number of nitrogens with zero attached hydrogens (tertiary/aromatic N) is 3. The molecular formula is C35H21N3O. The maximum atomic E-state index is 6.18. The second-order valence-corrected chi connectivity index (χ2v) is 10.1. The number of aromatic nitrogens is 2. The van der Waals surface area contributed by atoms with Gasteiger partial charge in [-0.05, 0) is 65.4 Å². The quantitative estimate of drug-likeness (QED) is 0.225. The van der Waals surface area contributed by atoms with Crippen LogP contribution in [0.3, 0.4) is 0 Å². The SMILES string of the molecule is c1ccc2c(c1)-c1cc3ccccc3cc1N(c1ccc3oc4ccccc4c3c1)c1nc3ccccc3n1-2. The molecule has 6 aromatic carbocycles. The van der Waals surface area contributed by atoms with Crippen LogP contribution in [0.4, 0.5) is 17.3 Å². The van der Waals surface area contributed by atoms with Crippen molar-refractivity contribution in [2.24, 2.45) is 0 Å². The summed E-state index contributed by atoms with van der Waals surface area (Å²) in [6.45, 7) is 0. The van der Waals surface area contributed by atoms with Crippen molar-refractivity contribution in [2.75, 3.05) is 4.90 Å². The molecule has 3 heterocycles. The van der Waals surface area contributed by atoms with Gasteiger partial charge in [-0.15, -0.1) is 0 Å². The van der Waals surface area contributed by atoms with Crippen molar-refractivity contribution in [3.8, 4) is 16.8 Å². The lowest BCUT2D eigenvalue weighted by molar-refractivity contribution is 0.669. The average molecular weight is 500 g/mol. The molecule has 0 saturated carbocycles. The van der Waals surface area contributed by atoms with Crippen LogP contribution in [0.5, 0.6) is 0 Å².